The van der Waals surface area contributed by atoms with Gasteiger partial charge in [-0.2, -0.15) is 0 Å². The molecule has 0 unspecified atom stereocenters. The number of imidazole rings is 1. The molecule has 0 atom stereocenters. The number of aryl methyl sites for hydroxylation is 1. The predicted octanol–water partition coefficient (Wildman–Crippen LogP) is 1.97. The minimum Gasteiger partial charge on any atom is -0.325 e. The third-order valence-electron chi connectivity index (χ3n) is 3.79. The first-order chi connectivity index (χ1) is 7.25. The number of ketones is 1. The standard InChI is InChI=1S/C12H16N2O/c1-8-12(9-3-2-4-9)13-11-6-5-10(15)7-14(8)11/h9H,2-7H2,1H3. The van der Waals surface area contributed by atoms with Crippen LogP contribution in [0, 0.1) is 6.92 Å². The van der Waals surface area contributed by atoms with Gasteiger partial charge in [0.25, 0.3) is 0 Å². The molecule has 1 fully saturated rings. The summed E-state index contributed by atoms with van der Waals surface area (Å²) in [6.45, 7) is 2.67. The van der Waals surface area contributed by atoms with Gasteiger partial charge in [-0.1, -0.05) is 6.42 Å². The quantitative estimate of drug-likeness (QED) is 0.701. The number of hydrogen-bond acceptors (Lipinski definition) is 2. The number of hydrogen-bond donors (Lipinski definition) is 0. The van der Waals surface area contributed by atoms with Crippen LogP contribution in [0.5, 0.6) is 0 Å². The van der Waals surface area contributed by atoms with Crippen molar-refractivity contribution in [2.75, 3.05) is 0 Å². The van der Waals surface area contributed by atoms with Gasteiger partial charge in [-0.15, -0.1) is 0 Å². The van der Waals surface area contributed by atoms with Gasteiger partial charge < -0.3 is 4.57 Å². The van der Waals surface area contributed by atoms with Crippen molar-refractivity contribution < 1.29 is 4.79 Å². The molecule has 1 aliphatic heterocycles. The molecule has 0 aromatic carbocycles. The second-order valence-electron chi connectivity index (χ2n) is 4.75. The maximum absolute atomic E-state index is 11.4. The fraction of sp³-hybridized carbons (Fsp3) is 0.667. The molecule has 80 valence electrons. The Morgan fingerprint density at radius 1 is 1.33 bits per heavy atom. The third-order valence-corrected chi connectivity index (χ3v) is 3.79. The summed E-state index contributed by atoms with van der Waals surface area (Å²) in [5.41, 5.74) is 2.51. The Balaban J connectivity index is 2.00. The topological polar surface area (TPSA) is 34.9 Å². The second kappa shape index (κ2) is 3.19. The minimum atomic E-state index is 0.350. The molecule has 3 rings (SSSR count). The van der Waals surface area contributed by atoms with Crippen LogP contribution in [0.25, 0.3) is 0 Å². The van der Waals surface area contributed by atoms with Crippen LogP contribution >= 0.6 is 0 Å². The Labute approximate surface area is 89.5 Å². The van der Waals surface area contributed by atoms with Gasteiger partial charge in [-0.3, -0.25) is 4.79 Å². The van der Waals surface area contributed by atoms with E-state index in [1.54, 1.807) is 0 Å². The Morgan fingerprint density at radius 3 is 2.80 bits per heavy atom. The van der Waals surface area contributed by atoms with Crippen molar-refractivity contribution in [2.45, 2.75) is 51.5 Å². The maximum atomic E-state index is 11.4. The summed E-state index contributed by atoms with van der Waals surface area (Å²) in [7, 11) is 0. The van der Waals surface area contributed by atoms with Gasteiger partial charge in [0.15, 0.2) is 5.78 Å². The lowest BCUT2D eigenvalue weighted by molar-refractivity contribution is -0.120. The summed E-state index contributed by atoms with van der Waals surface area (Å²) >= 11 is 0. The van der Waals surface area contributed by atoms with E-state index in [-0.39, 0.29) is 0 Å². The zero-order valence-corrected chi connectivity index (χ0v) is 9.12. The highest BCUT2D eigenvalue weighted by atomic mass is 16.1. The van der Waals surface area contributed by atoms with Crippen LogP contribution in [0.4, 0.5) is 0 Å². The van der Waals surface area contributed by atoms with Gasteiger partial charge in [0, 0.05) is 24.5 Å². The van der Waals surface area contributed by atoms with Crippen molar-refractivity contribution in [1.82, 2.24) is 9.55 Å². The lowest BCUT2D eigenvalue weighted by Gasteiger charge is -2.24. The highest BCUT2D eigenvalue weighted by Gasteiger charge is 2.28. The molecule has 3 heteroatoms. The summed E-state index contributed by atoms with van der Waals surface area (Å²) in [6, 6.07) is 0. The van der Waals surface area contributed by atoms with E-state index in [9.17, 15) is 4.79 Å². The lowest BCUT2D eigenvalue weighted by atomic mass is 9.82. The first-order valence-corrected chi connectivity index (χ1v) is 5.83. The van der Waals surface area contributed by atoms with Gasteiger partial charge in [-0.25, -0.2) is 4.98 Å². The molecular weight excluding hydrogens is 188 g/mol. The fourth-order valence-electron chi connectivity index (χ4n) is 2.59. The summed E-state index contributed by atoms with van der Waals surface area (Å²) < 4.78 is 2.12. The van der Waals surface area contributed by atoms with Crippen LogP contribution in [0.15, 0.2) is 0 Å². The molecule has 1 aromatic rings. The maximum Gasteiger partial charge on any atom is 0.153 e. The van der Waals surface area contributed by atoms with Crippen LogP contribution < -0.4 is 0 Å². The molecule has 0 spiro atoms. The highest BCUT2D eigenvalue weighted by molar-refractivity contribution is 5.79. The monoisotopic (exact) mass is 204 g/mol. The molecule has 2 aliphatic rings. The smallest absolute Gasteiger partial charge is 0.153 e. The molecule has 0 N–H and O–H groups in total. The Kier molecular flexibility index (Phi) is 1.94. The van der Waals surface area contributed by atoms with E-state index >= 15 is 0 Å². The third kappa shape index (κ3) is 1.33. The van der Waals surface area contributed by atoms with Crippen LogP contribution in [0.3, 0.4) is 0 Å². The number of carbonyl (C=O) groups is 1. The SMILES string of the molecule is Cc1c(C2CCC2)nc2n1CC(=O)CC2. The molecule has 1 saturated carbocycles. The molecule has 2 heterocycles. The van der Waals surface area contributed by atoms with Gasteiger partial charge >= 0.3 is 0 Å². The van der Waals surface area contributed by atoms with Gasteiger partial charge in [0.2, 0.25) is 0 Å². The van der Waals surface area contributed by atoms with E-state index in [0.717, 1.165) is 12.2 Å². The van der Waals surface area contributed by atoms with Crippen molar-refractivity contribution >= 4 is 5.78 Å². The van der Waals surface area contributed by atoms with Crippen molar-refractivity contribution in [3.63, 3.8) is 0 Å². The van der Waals surface area contributed by atoms with Gasteiger partial charge in [0.1, 0.15) is 5.82 Å². The average molecular weight is 204 g/mol. The number of Topliss-reactive ketones (excluding diaryl/α,β-unsaturated/α-hetero) is 1. The van der Waals surface area contributed by atoms with E-state index in [1.807, 2.05) is 0 Å². The number of rotatable bonds is 1. The van der Waals surface area contributed by atoms with E-state index in [1.165, 1.54) is 30.7 Å². The van der Waals surface area contributed by atoms with Gasteiger partial charge in [0.05, 0.1) is 12.2 Å². The Morgan fingerprint density at radius 2 is 2.13 bits per heavy atom. The zero-order valence-electron chi connectivity index (χ0n) is 9.12. The molecule has 0 amide bonds. The molecule has 3 nitrogen and oxygen atoms in total. The van der Waals surface area contributed by atoms with Crippen LogP contribution in [-0.4, -0.2) is 15.3 Å². The number of fused-ring (bicyclic) bond motifs is 1. The highest BCUT2D eigenvalue weighted by Crippen LogP contribution is 2.38. The Bertz CT molecular complexity index is 416. The van der Waals surface area contributed by atoms with Crippen molar-refractivity contribution in [2.24, 2.45) is 0 Å². The van der Waals surface area contributed by atoms with E-state index in [0.29, 0.717) is 24.7 Å². The fourth-order valence-corrected chi connectivity index (χ4v) is 2.59. The van der Waals surface area contributed by atoms with Crippen LogP contribution in [0.2, 0.25) is 0 Å². The van der Waals surface area contributed by atoms with Crippen molar-refractivity contribution in [3.05, 3.63) is 17.2 Å². The summed E-state index contributed by atoms with van der Waals surface area (Å²) in [4.78, 5) is 16.1. The Hall–Kier alpha value is -1.12. The van der Waals surface area contributed by atoms with E-state index < -0.39 is 0 Å². The van der Waals surface area contributed by atoms with Gasteiger partial charge in [-0.05, 0) is 19.8 Å². The molecule has 0 radical (unpaired) electrons. The summed E-state index contributed by atoms with van der Waals surface area (Å²) in [6.07, 6.45) is 5.43. The average Bonchev–Trinajstić information content (AvgIpc) is 2.43. The second-order valence-corrected chi connectivity index (χ2v) is 4.75. The molecular formula is C12H16N2O. The van der Waals surface area contributed by atoms with E-state index in [2.05, 4.69) is 11.5 Å². The number of aromatic nitrogens is 2. The predicted molar refractivity (Wildman–Crippen MR) is 56.9 cm³/mol. The largest absolute Gasteiger partial charge is 0.325 e. The molecule has 15 heavy (non-hydrogen) atoms. The van der Waals surface area contributed by atoms with Crippen molar-refractivity contribution in [1.29, 1.82) is 0 Å². The molecule has 1 aromatic heterocycles. The summed E-state index contributed by atoms with van der Waals surface area (Å²) in [5, 5.41) is 0. The minimum absolute atomic E-state index is 0.350. The van der Waals surface area contributed by atoms with Crippen LogP contribution in [0.1, 0.15) is 48.8 Å². The normalized spacial score (nSPS) is 21.3. The molecule has 0 bridgehead atoms. The van der Waals surface area contributed by atoms with Crippen LogP contribution in [-0.2, 0) is 17.8 Å². The van der Waals surface area contributed by atoms with E-state index in [4.69, 9.17) is 4.98 Å². The molecule has 1 aliphatic carbocycles. The van der Waals surface area contributed by atoms with Crippen molar-refractivity contribution in [3.8, 4) is 0 Å². The first kappa shape index (κ1) is 9.13. The number of nitrogens with zero attached hydrogens (tertiary/aromatic N) is 2. The first-order valence-electron chi connectivity index (χ1n) is 5.83. The number of carbonyl (C=O) groups excluding carboxylic acids is 1. The molecule has 0 saturated heterocycles. The summed E-state index contributed by atoms with van der Waals surface area (Å²) in [5.74, 6) is 2.16. The lowest BCUT2D eigenvalue weighted by Crippen LogP contribution is -2.20. The zero-order chi connectivity index (χ0) is 10.4.